The first-order valence-corrected chi connectivity index (χ1v) is 6.72. The van der Waals surface area contributed by atoms with Crippen molar-refractivity contribution in [1.82, 2.24) is 15.0 Å². The van der Waals surface area contributed by atoms with Crippen LogP contribution in [0.5, 0.6) is 5.75 Å². The third kappa shape index (κ3) is 2.01. The van der Waals surface area contributed by atoms with Crippen LogP contribution in [0.2, 0.25) is 0 Å². The Morgan fingerprint density at radius 2 is 1.86 bits per heavy atom. The smallest absolute Gasteiger partial charge is 0.178 e. The standard InChI is InChI=1S/C17H13N3O/c1-21-14-7-6-11-9-13(5-4-12(11)10-14)16-19-15-3-2-8-18-17(15)20-16/h2-10H,1H3,(H,18,19,20). The molecular formula is C17H13N3O. The van der Waals surface area contributed by atoms with E-state index >= 15 is 0 Å². The highest BCUT2D eigenvalue weighted by molar-refractivity contribution is 5.88. The molecule has 2 aromatic heterocycles. The molecule has 0 fully saturated rings. The number of fused-ring (bicyclic) bond motifs is 2. The van der Waals surface area contributed by atoms with E-state index < -0.39 is 0 Å². The van der Waals surface area contributed by atoms with Crippen LogP contribution in [-0.4, -0.2) is 22.1 Å². The van der Waals surface area contributed by atoms with E-state index in [0.717, 1.165) is 39.1 Å². The summed E-state index contributed by atoms with van der Waals surface area (Å²) in [5.74, 6) is 1.70. The highest BCUT2D eigenvalue weighted by atomic mass is 16.5. The minimum absolute atomic E-state index is 0.738. The molecule has 0 aliphatic carbocycles. The van der Waals surface area contributed by atoms with Crippen molar-refractivity contribution in [1.29, 1.82) is 0 Å². The number of benzene rings is 2. The van der Waals surface area contributed by atoms with E-state index in [1.54, 1.807) is 13.3 Å². The highest BCUT2D eigenvalue weighted by Crippen LogP contribution is 2.26. The zero-order valence-corrected chi connectivity index (χ0v) is 11.5. The Labute approximate surface area is 121 Å². The summed E-state index contributed by atoms with van der Waals surface area (Å²) in [4.78, 5) is 12.1. The van der Waals surface area contributed by atoms with Gasteiger partial charge in [-0.25, -0.2) is 9.97 Å². The average molecular weight is 275 g/mol. The van der Waals surface area contributed by atoms with Crippen LogP contribution in [0.4, 0.5) is 0 Å². The molecule has 102 valence electrons. The third-order valence-corrected chi connectivity index (χ3v) is 3.58. The number of nitrogens with zero attached hydrogens (tertiary/aromatic N) is 2. The van der Waals surface area contributed by atoms with E-state index in [9.17, 15) is 0 Å². The molecule has 21 heavy (non-hydrogen) atoms. The van der Waals surface area contributed by atoms with Crippen LogP contribution >= 0.6 is 0 Å². The molecule has 4 rings (SSSR count). The number of rotatable bonds is 2. The summed E-state index contributed by atoms with van der Waals surface area (Å²) >= 11 is 0. The summed E-state index contributed by atoms with van der Waals surface area (Å²) in [6.07, 6.45) is 1.75. The molecule has 0 spiro atoms. The summed E-state index contributed by atoms with van der Waals surface area (Å²) in [6.45, 7) is 0. The number of hydrogen-bond donors (Lipinski definition) is 1. The topological polar surface area (TPSA) is 50.8 Å². The minimum atomic E-state index is 0.738. The largest absolute Gasteiger partial charge is 0.497 e. The van der Waals surface area contributed by atoms with Gasteiger partial charge in [0.2, 0.25) is 0 Å². The van der Waals surface area contributed by atoms with Crippen LogP contribution in [0.25, 0.3) is 33.3 Å². The number of pyridine rings is 1. The predicted octanol–water partition coefficient (Wildman–Crippen LogP) is 3.79. The SMILES string of the molecule is COc1ccc2cc(-c3nc4ncccc4[nH]3)ccc2c1. The molecule has 0 bridgehead atoms. The second-order valence-electron chi connectivity index (χ2n) is 4.89. The van der Waals surface area contributed by atoms with Crippen molar-refractivity contribution < 1.29 is 4.74 Å². The molecule has 0 aliphatic rings. The van der Waals surface area contributed by atoms with Gasteiger partial charge in [-0.2, -0.15) is 0 Å². The van der Waals surface area contributed by atoms with Crippen LogP contribution in [0.3, 0.4) is 0 Å². The van der Waals surface area contributed by atoms with Crippen molar-refractivity contribution in [3.63, 3.8) is 0 Å². The average Bonchev–Trinajstić information content (AvgIpc) is 2.98. The maximum absolute atomic E-state index is 5.25. The molecule has 0 radical (unpaired) electrons. The maximum atomic E-state index is 5.25. The first kappa shape index (κ1) is 11.9. The highest BCUT2D eigenvalue weighted by Gasteiger charge is 2.06. The van der Waals surface area contributed by atoms with Gasteiger partial charge in [-0.3, -0.25) is 0 Å². The molecule has 4 nitrogen and oxygen atoms in total. The number of H-pyrrole nitrogens is 1. The third-order valence-electron chi connectivity index (χ3n) is 3.58. The van der Waals surface area contributed by atoms with E-state index in [0.29, 0.717) is 0 Å². The van der Waals surface area contributed by atoms with Crippen molar-refractivity contribution >= 4 is 21.9 Å². The van der Waals surface area contributed by atoms with Gasteiger partial charge in [0.1, 0.15) is 11.6 Å². The molecule has 0 saturated heterocycles. The molecule has 2 aromatic carbocycles. The van der Waals surface area contributed by atoms with E-state index in [2.05, 4.69) is 39.2 Å². The Morgan fingerprint density at radius 3 is 2.71 bits per heavy atom. The first-order chi connectivity index (χ1) is 10.3. The number of aromatic nitrogens is 3. The van der Waals surface area contributed by atoms with Gasteiger partial charge < -0.3 is 9.72 Å². The van der Waals surface area contributed by atoms with Crippen molar-refractivity contribution in [2.24, 2.45) is 0 Å². The van der Waals surface area contributed by atoms with Crippen molar-refractivity contribution in [2.75, 3.05) is 7.11 Å². The number of imidazole rings is 1. The number of methoxy groups -OCH3 is 1. The van der Waals surface area contributed by atoms with Gasteiger partial charge in [0.15, 0.2) is 5.65 Å². The number of ether oxygens (including phenoxy) is 1. The fourth-order valence-electron chi connectivity index (χ4n) is 2.48. The fourth-order valence-corrected chi connectivity index (χ4v) is 2.48. The van der Waals surface area contributed by atoms with Gasteiger partial charge in [0, 0.05) is 11.8 Å². The molecule has 0 saturated carbocycles. The molecule has 4 heteroatoms. The Bertz CT molecular complexity index is 910. The molecule has 0 aliphatic heterocycles. The Balaban J connectivity index is 1.86. The van der Waals surface area contributed by atoms with Gasteiger partial charge in [-0.05, 0) is 41.1 Å². The molecule has 2 heterocycles. The van der Waals surface area contributed by atoms with Gasteiger partial charge in [-0.15, -0.1) is 0 Å². The minimum Gasteiger partial charge on any atom is -0.497 e. The predicted molar refractivity (Wildman–Crippen MR) is 83.4 cm³/mol. The second kappa shape index (κ2) is 4.59. The summed E-state index contributed by atoms with van der Waals surface area (Å²) < 4.78 is 5.25. The van der Waals surface area contributed by atoms with E-state index in [-0.39, 0.29) is 0 Å². The summed E-state index contributed by atoms with van der Waals surface area (Å²) in [5, 5.41) is 2.30. The van der Waals surface area contributed by atoms with Crippen LogP contribution in [-0.2, 0) is 0 Å². The van der Waals surface area contributed by atoms with Crippen molar-refractivity contribution in [2.45, 2.75) is 0 Å². The zero-order chi connectivity index (χ0) is 14.2. The second-order valence-corrected chi connectivity index (χ2v) is 4.89. The van der Waals surface area contributed by atoms with E-state index in [1.807, 2.05) is 24.3 Å². The lowest BCUT2D eigenvalue weighted by molar-refractivity contribution is 0.415. The fraction of sp³-hybridized carbons (Fsp3) is 0.0588. The molecule has 0 unspecified atom stereocenters. The van der Waals surface area contributed by atoms with Gasteiger partial charge >= 0.3 is 0 Å². The Kier molecular flexibility index (Phi) is 2.60. The Hall–Kier alpha value is -2.88. The van der Waals surface area contributed by atoms with E-state index in [1.165, 1.54) is 0 Å². The number of aromatic amines is 1. The van der Waals surface area contributed by atoms with Crippen LogP contribution in [0.1, 0.15) is 0 Å². The lowest BCUT2D eigenvalue weighted by Gasteiger charge is -2.04. The molecule has 4 aromatic rings. The van der Waals surface area contributed by atoms with E-state index in [4.69, 9.17) is 4.74 Å². The zero-order valence-electron chi connectivity index (χ0n) is 11.5. The summed E-state index contributed by atoms with van der Waals surface area (Å²) in [7, 11) is 1.68. The van der Waals surface area contributed by atoms with Gasteiger partial charge in [-0.1, -0.05) is 18.2 Å². The van der Waals surface area contributed by atoms with Crippen LogP contribution < -0.4 is 4.74 Å². The monoisotopic (exact) mass is 275 g/mol. The number of nitrogens with one attached hydrogen (secondary N) is 1. The lowest BCUT2D eigenvalue weighted by Crippen LogP contribution is -1.84. The Morgan fingerprint density at radius 1 is 1.00 bits per heavy atom. The number of hydrogen-bond acceptors (Lipinski definition) is 3. The van der Waals surface area contributed by atoms with Crippen molar-refractivity contribution in [3.8, 4) is 17.1 Å². The van der Waals surface area contributed by atoms with Crippen LogP contribution in [0, 0.1) is 0 Å². The van der Waals surface area contributed by atoms with Gasteiger partial charge in [0.05, 0.1) is 12.6 Å². The quantitative estimate of drug-likeness (QED) is 0.605. The van der Waals surface area contributed by atoms with Gasteiger partial charge in [0.25, 0.3) is 0 Å². The summed E-state index contributed by atoms with van der Waals surface area (Å²) in [5.41, 5.74) is 2.73. The van der Waals surface area contributed by atoms with Crippen LogP contribution in [0.15, 0.2) is 54.7 Å². The van der Waals surface area contributed by atoms with Crippen molar-refractivity contribution in [3.05, 3.63) is 54.7 Å². The molecule has 0 amide bonds. The molecule has 1 N–H and O–H groups in total. The first-order valence-electron chi connectivity index (χ1n) is 6.72. The molecule has 0 atom stereocenters. The molecular weight excluding hydrogens is 262 g/mol. The maximum Gasteiger partial charge on any atom is 0.178 e. The summed E-state index contributed by atoms with van der Waals surface area (Å²) in [6, 6.07) is 16.2. The normalized spacial score (nSPS) is 11.1. The lowest BCUT2D eigenvalue weighted by atomic mass is 10.1.